The van der Waals surface area contributed by atoms with Crippen molar-refractivity contribution in [1.29, 1.82) is 0 Å². The number of sulfonamides is 1. The van der Waals surface area contributed by atoms with Crippen LogP contribution in [0.1, 0.15) is 26.5 Å². The second-order valence-electron chi connectivity index (χ2n) is 5.58. The first kappa shape index (κ1) is 15.7. The SMILES string of the molecule is CC(C)(C)c1csc(NS(=O)(=O)c2ccc(F)c(N)c2)n1. The first-order chi connectivity index (χ1) is 9.59. The van der Waals surface area contributed by atoms with Crippen LogP contribution in [0.4, 0.5) is 15.2 Å². The molecular weight excluding hydrogens is 313 g/mol. The van der Waals surface area contributed by atoms with Gasteiger partial charge in [0.15, 0.2) is 5.13 Å². The van der Waals surface area contributed by atoms with Crippen LogP contribution >= 0.6 is 11.3 Å². The zero-order valence-corrected chi connectivity index (χ0v) is 13.5. The van der Waals surface area contributed by atoms with E-state index in [0.717, 1.165) is 23.9 Å². The molecule has 2 rings (SSSR count). The molecule has 0 atom stereocenters. The number of nitrogen functional groups attached to an aromatic ring is 1. The number of nitrogens with one attached hydrogen (secondary N) is 1. The lowest BCUT2D eigenvalue weighted by atomic mass is 9.93. The molecule has 0 saturated heterocycles. The standard InChI is InChI=1S/C13H16FN3O2S2/c1-13(2,3)11-7-20-12(16-11)17-21(18,19)8-4-5-9(14)10(15)6-8/h4-7H,15H2,1-3H3,(H,16,17). The van der Waals surface area contributed by atoms with Crippen molar-refractivity contribution in [3.8, 4) is 0 Å². The van der Waals surface area contributed by atoms with E-state index < -0.39 is 15.8 Å². The highest BCUT2D eigenvalue weighted by Gasteiger charge is 2.21. The van der Waals surface area contributed by atoms with Crippen LogP contribution in [0.3, 0.4) is 0 Å². The van der Waals surface area contributed by atoms with Crippen LogP contribution in [0, 0.1) is 5.82 Å². The number of anilines is 2. The number of hydrogen-bond donors (Lipinski definition) is 2. The molecule has 0 amide bonds. The van der Waals surface area contributed by atoms with E-state index in [-0.39, 0.29) is 21.1 Å². The number of aromatic nitrogens is 1. The summed E-state index contributed by atoms with van der Waals surface area (Å²) >= 11 is 1.20. The maximum absolute atomic E-state index is 13.1. The Morgan fingerprint density at radius 1 is 1.33 bits per heavy atom. The van der Waals surface area contributed by atoms with E-state index >= 15 is 0 Å². The average molecular weight is 329 g/mol. The van der Waals surface area contributed by atoms with Gasteiger partial charge in [0.2, 0.25) is 0 Å². The van der Waals surface area contributed by atoms with Gasteiger partial charge in [0.1, 0.15) is 5.82 Å². The monoisotopic (exact) mass is 329 g/mol. The molecule has 0 unspecified atom stereocenters. The van der Waals surface area contributed by atoms with Gasteiger partial charge in [-0.3, -0.25) is 4.72 Å². The number of nitrogens with two attached hydrogens (primary N) is 1. The summed E-state index contributed by atoms with van der Waals surface area (Å²) in [5.74, 6) is -0.654. The van der Waals surface area contributed by atoms with Crippen LogP contribution in [0.25, 0.3) is 0 Å². The average Bonchev–Trinajstić information content (AvgIpc) is 2.80. The van der Waals surface area contributed by atoms with E-state index in [0.29, 0.717) is 0 Å². The Morgan fingerprint density at radius 2 is 2.00 bits per heavy atom. The molecular formula is C13H16FN3O2S2. The van der Waals surface area contributed by atoms with Gasteiger partial charge < -0.3 is 5.73 Å². The number of benzene rings is 1. The third kappa shape index (κ3) is 3.51. The molecule has 3 N–H and O–H groups in total. The molecule has 0 spiro atoms. The maximum atomic E-state index is 13.1. The third-order valence-electron chi connectivity index (χ3n) is 2.77. The van der Waals surface area contributed by atoms with Crippen LogP contribution < -0.4 is 10.5 Å². The molecule has 0 bridgehead atoms. The summed E-state index contributed by atoms with van der Waals surface area (Å²) in [4.78, 5) is 4.15. The van der Waals surface area contributed by atoms with Gasteiger partial charge in [-0.1, -0.05) is 20.8 Å². The lowest BCUT2D eigenvalue weighted by Gasteiger charge is -2.14. The fourth-order valence-electron chi connectivity index (χ4n) is 1.53. The van der Waals surface area contributed by atoms with Gasteiger partial charge in [-0.05, 0) is 18.2 Å². The largest absolute Gasteiger partial charge is 0.396 e. The molecule has 0 radical (unpaired) electrons. The minimum atomic E-state index is -3.83. The zero-order chi connectivity index (χ0) is 15.8. The minimum Gasteiger partial charge on any atom is -0.396 e. The van der Waals surface area contributed by atoms with Crippen LogP contribution in [-0.4, -0.2) is 13.4 Å². The molecule has 1 heterocycles. The molecule has 0 aliphatic carbocycles. The third-order valence-corrected chi connectivity index (χ3v) is 5.00. The predicted octanol–water partition coefficient (Wildman–Crippen LogP) is 2.96. The number of thiazole rings is 1. The first-order valence-corrected chi connectivity index (χ1v) is 8.50. The van der Waals surface area contributed by atoms with Crippen LogP contribution in [0.5, 0.6) is 0 Å². The summed E-state index contributed by atoms with van der Waals surface area (Å²) in [6.45, 7) is 5.96. The Morgan fingerprint density at radius 3 is 2.52 bits per heavy atom. The van der Waals surface area contributed by atoms with Gasteiger partial charge in [0.25, 0.3) is 10.0 Å². The molecule has 1 aromatic carbocycles. The van der Waals surface area contributed by atoms with Gasteiger partial charge in [-0.2, -0.15) is 0 Å². The Labute approximate surface area is 127 Å². The van der Waals surface area contributed by atoms with Crippen LogP contribution in [0.2, 0.25) is 0 Å². The summed E-state index contributed by atoms with van der Waals surface area (Å²) in [6.07, 6.45) is 0. The first-order valence-electron chi connectivity index (χ1n) is 6.13. The lowest BCUT2D eigenvalue weighted by Crippen LogP contribution is -2.15. The smallest absolute Gasteiger partial charge is 0.263 e. The topological polar surface area (TPSA) is 85.1 Å². The van der Waals surface area contributed by atoms with Crippen molar-refractivity contribution in [2.45, 2.75) is 31.1 Å². The zero-order valence-electron chi connectivity index (χ0n) is 11.8. The van der Waals surface area contributed by atoms with Gasteiger partial charge >= 0.3 is 0 Å². The van der Waals surface area contributed by atoms with Crippen molar-refractivity contribution in [1.82, 2.24) is 4.98 Å². The quantitative estimate of drug-likeness (QED) is 0.848. The van der Waals surface area contributed by atoms with Crippen molar-refractivity contribution in [3.63, 3.8) is 0 Å². The Kier molecular flexibility index (Phi) is 3.94. The highest BCUT2D eigenvalue weighted by molar-refractivity contribution is 7.93. The van der Waals surface area contributed by atoms with E-state index in [9.17, 15) is 12.8 Å². The Bertz CT molecular complexity index is 764. The fourth-order valence-corrected chi connectivity index (χ4v) is 3.75. The van der Waals surface area contributed by atoms with Crippen molar-refractivity contribution >= 4 is 32.2 Å². The molecule has 8 heteroatoms. The second kappa shape index (κ2) is 5.27. The van der Waals surface area contributed by atoms with Crippen molar-refractivity contribution in [3.05, 3.63) is 35.1 Å². The molecule has 114 valence electrons. The normalized spacial score (nSPS) is 12.4. The van der Waals surface area contributed by atoms with E-state index in [1.807, 2.05) is 20.8 Å². The minimum absolute atomic E-state index is 0.103. The van der Waals surface area contributed by atoms with E-state index in [1.54, 1.807) is 5.38 Å². The molecule has 21 heavy (non-hydrogen) atoms. The Hall–Kier alpha value is -1.67. The number of hydrogen-bond acceptors (Lipinski definition) is 5. The van der Waals surface area contributed by atoms with Gasteiger partial charge in [-0.15, -0.1) is 11.3 Å². The second-order valence-corrected chi connectivity index (χ2v) is 8.12. The van der Waals surface area contributed by atoms with Crippen molar-refractivity contribution in [2.24, 2.45) is 0 Å². The molecule has 0 saturated carbocycles. The molecule has 0 aliphatic heterocycles. The summed E-state index contributed by atoms with van der Waals surface area (Å²) in [6, 6.07) is 3.26. The van der Waals surface area contributed by atoms with Crippen molar-refractivity contribution in [2.75, 3.05) is 10.5 Å². The molecule has 0 fully saturated rings. The Balaban J connectivity index is 2.29. The molecule has 2 aromatic rings. The van der Waals surface area contributed by atoms with Crippen LogP contribution in [0.15, 0.2) is 28.5 Å². The molecule has 1 aromatic heterocycles. The highest BCUT2D eigenvalue weighted by Crippen LogP contribution is 2.28. The lowest BCUT2D eigenvalue weighted by molar-refractivity contribution is 0.573. The van der Waals surface area contributed by atoms with Gasteiger partial charge in [0, 0.05) is 10.8 Å². The van der Waals surface area contributed by atoms with E-state index in [2.05, 4.69) is 9.71 Å². The highest BCUT2D eigenvalue weighted by atomic mass is 32.2. The predicted molar refractivity (Wildman–Crippen MR) is 82.4 cm³/mol. The van der Waals surface area contributed by atoms with Crippen LogP contribution in [-0.2, 0) is 15.4 Å². The van der Waals surface area contributed by atoms with Gasteiger partial charge in [-0.25, -0.2) is 17.8 Å². The van der Waals surface area contributed by atoms with E-state index in [4.69, 9.17) is 5.73 Å². The fraction of sp³-hybridized carbons (Fsp3) is 0.308. The maximum Gasteiger partial charge on any atom is 0.263 e. The summed E-state index contributed by atoms with van der Waals surface area (Å²) < 4.78 is 39.9. The van der Waals surface area contributed by atoms with E-state index in [1.165, 1.54) is 11.3 Å². The molecule has 5 nitrogen and oxygen atoms in total. The summed E-state index contributed by atoms with van der Waals surface area (Å²) in [5, 5.41) is 2.07. The summed E-state index contributed by atoms with van der Waals surface area (Å²) in [5.41, 5.74) is 5.81. The number of rotatable bonds is 3. The summed E-state index contributed by atoms with van der Waals surface area (Å²) in [7, 11) is -3.83. The molecule has 0 aliphatic rings. The van der Waals surface area contributed by atoms with Crippen molar-refractivity contribution < 1.29 is 12.8 Å². The number of nitrogens with zero attached hydrogens (tertiary/aromatic N) is 1. The number of halogens is 1. The van der Waals surface area contributed by atoms with Gasteiger partial charge in [0.05, 0.1) is 16.3 Å².